The Morgan fingerprint density at radius 1 is 1.12 bits per heavy atom. The van der Waals surface area contributed by atoms with Gasteiger partial charge in [-0.2, -0.15) is 0 Å². The third-order valence-corrected chi connectivity index (χ3v) is 5.90. The Bertz CT molecular complexity index is 808. The number of carbonyl (C=O) groups is 3. The van der Waals surface area contributed by atoms with E-state index in [-0.39, 0.29) is 36.1 Å². The first kappa shape index (κ1) is 16.9. The number of aromatic nitrogens is 1. The van der Waals surface area contributed by atoms with Crippen LogP contribution in [-0.2, 0) is 14.4 Å². The van der Waals surface area contributed by atoms with Gasteiger partial charge in [-0.25, -0.2) is 4.98 Å². The number of thiazole rings is 1. The Kier molecular flexibility index (Phi) is 4.55. The molecule has 1 aliphatic carbocycles. The molecule has 1 aromatic heterocycles. The normalized spacial score (nSPS) is 22.4. The third-order valence-electron chi connectivity index (χ3n) is 5.08. The summed E-state index contributed by atoms with van der Waals surface area (Å²) in [4.78, 5) is 42.6. The van der Waals surface area contributed by atoms with Crippen LogP contribution in [0.15, 0.2) is 35.8 Å². The zero-order valence-electron chi connectivity index (χ0n) is 14.2. The molecule has 1 aliphatic heterocycles. The van der Waals surface area contributed by atoms with Crippen molar-refractivity contribution in [1.29, 1.82) is 0 Å². The maximum atomic E-state index is 12.4. The van der Waals surface area contributed by atoms with Crippen molar-refractivity contribution in [3.05, 3.63) is 35.8 Å². The highest BCUT2D eigenvalue weighted by Gasteiger charge is 2.48. The number of hydrogen-bond acceptors (Lipinski definition) is 5. The molecule has 0 unspecified atom stereocenters. The lowest BCUT2D eigenvalue weighted by molar-refractivity contribution is -0.142. The first-order valence-corrected chi connectivity index (χ1v) is 9.66. The molecule has 1 saturated carbocycles. The van der Waals surface area contributed by atoms with Gasteiger partial charge in [0, 0.05) is 22.8 Å². The standard InChI is InChI=1S/C19H19N3O3S/c23-16(11-22-18(24)14-3-1-2-4-15(14)19(22)25)21-13-7-5-12(6-8-13)17-20-9-10-26-17/h5-10,14-15H,1-4,11H2,(H,21,23)/t14-,15-/m0/s1. The van der Waals surface area contributed by atoms with E-state index in [2.05, 4.69) is 10.3 Å². The smallest absolute Gasteiger partial charge is 0.244 e. The summed E-state index contributed by atoms with van der Waals surface area (Å²) >= 11 is 1.55. The lowest BCUT2D eigenvalue weighted by Crippen LogP contribution is -2.38. The van der Waals surface area contributed by atoms with E-state index in [1.807, 2.05) is 17.5 Å². The Balaban J connectivity index is 1.39. The number of fused-ring (bicyclic) bond motifs is 1. The molecule has 4 rings (SSSR count). The van der Waals surface area contributed by atoms with Crippen molar-refractivity contribution in [3.63, 3.8) is 0 Å². The number of rotatable bonds is 4. The topological polar surface area (TPSA) is 79.4 Å². The molecule has 134 valence electrons. The highest BCUT2D eigenvalue weighted by molar-refractivity contribution is 7.13. The van der Waals surface area contributed by atoms with Crippen molar-refractivity contribution in [1.82, 2.24) is 9.88 Å². The summed E-state index contributed by atoms with van der Waals surface area (Å²) < 4.78 is 0. The van der Waals surface area contributed by atoms with E-state index >= 15 is 0 Å². The van der Waals surface area contributed by atoms with E-state index < -0.39 is 0 Å². The van der Waals surface area contributed by atoms with Gasteiger partial charge in [0.2, 0.25) is 17.7 Å². The Morgan fingerprint density at radius 3 is 2.35 bits per heavy atom. The van der Waals surface area contributed by atoms with Crippen LogP contribution in [-0.4, -0.2) is 34.2 Å². The van der Waals surface area contributed by atoms with E-state index in [0.29, 0.717) is 5.69 Å². The second kappa shape index (κ2) is 6.99. The average molecular weight is 369 g/mol. The van der Waals surface area contributed by atoms with E-state index in [1.54, 1.807) is 29.7 Å². The molecular formula is C19H19N3O3S. The first-order valence-electron chi connectivity index (χ1n) is 8.78. The maximum Gasteiger partial charge on any atom is 0.244 e. The fourth-order valence-electron chi connectivity index (χ4n) is 3.79. The van der Waals surface area contributed by atoms with Crippen LogP contribution in [0.4, 0.5) is 5.69 Å². The molecule has 2 fully saturated rings. The van der Waals surface area contributed by atoms with Crippen molar-refractivity contribution in [2.75, 3.05) is 11.9 Å². The SMILES string of the molecule is O=C(CN1C(=O)[C@H]2CCCC[C@@H]2C1=O)Nc1ccc(-c2nccs2)cc1. The average Bonchev–Trinajstić information content (AvgIpc) is 3.27. The molecule has 0 bridgehead atoms. The fourth-order valence-corrected chi connectivity index (χ4v) is 4.44. The number of amides is 3. The van der Waals surface area contributed by atoms with Crippen LogP contribution in [0, 0.1) is 11.8 Å². The van der Waals surface area contributed by atoms with Gasteiger partial charge in [-0.3, -0.25) is 19.3 Å². The van der Waals surface area contributed by atoms with Gasteiger partial charge in [-0.15, -0.1) is 11.3 Å². The number of imide groups is 1. The van der Waals surface area contributed by atoms with Crippen LogP contribution in [0.3, 0.4) is 0 Å². The third kappa shape index (κ3) is 3.14. The molecule has 2 atom stereocenters. The minimum atomic E-state index is -0.354. The summed E-state index contributed by atoms with van der Waals surface area (Å²) in [5.74, 6) is -1.17. The summed E-state index contributed by atoms with van der Waals surface area (Å²) in [5, 5.41) is 5.59. The monoisotopic (exact) mass is 369 g/mol. The van der Waals surface area contributed by atoms with E-state index in [9.17, 15) is 14.4 Å². The van der Waals surface area contributed by atoms with E-state index in [1.165, 1.54) is 0 Å². The second-order valence-electron chi connectivity index (χ2n) is 6.72. The number of carbonyl (C=O) groups excluding carboxylic acids is 3. The lowest BCUT2D eigenvalue weighted by Gasteiger charge is -2.19. The maximum absolute atomic E-state index is 12.4. The summed E-state index contributed by atoms with van der Waals surface area (Å²) in [7, 11) is 0. The van der Waals surface area contributed by atoms with E-state index in [4.69, 9.17) is 0 Å². The van der Waals surface area contributed by atoms with Crippen molar-refractivity contribution in [2.24, 2.45) is 11.8 Å². The summed E-state index contributed by atoms with van der Waals surface area (Å²) in [6.07, 6.45) is 5.21. The molecule has 7 heteroatoms. The van der Waals surface area contributed by atoms with Crippen LogP contribution in [0.1, 0.15) is 25.7 Å². The van der Waals surface area contributed by atoms with Crippen molar-refractivity contribution in [2.45, 2.75) is 25.7 Å². The van der Waals surface area contributed by atoms with Crippen LogP contribution < -0.4 is 5.32 Å². The molecule has 26 heavy (non-hydrogen) atoms. The van der Waals surface area contributed by atoms with Crippen LogP contribution in [0.5, 0.6) is 0 Å². The molecule has 2 heterocycles. The predicted octanol–water partition coefficient (Wildman–Crippen LogP) is 2.92. The van der Waals surface area contributed by atoms with Gasteiger partial charge in [0.25, 0.3) is 0 Å². The van der Waals surface area contributed by atoms with Crippen molar-refractivity contribution in [3.8, 4) is 10.6 Å². The molecule has 1 saturated heterocycles. The molecule has 0 radical (unpaired) electrons. The number of nitrogens with one attached hydrogen (secondary N) is 1. The minimum Gasteiger partial charge on any atom is -0.325 e. The number of nitrogens with zero attached hydrogens (tertiary/aromatic N) is 2. The van der Waals surface area contributed by atoms with Gasteiger partial charge >= 0.3 is 0 Å². The number of likely N-dealkylation sites (tertiary alicyclic amines) is 1. The number of hydrogen-bond donors (Lipinski definition) is 1. The van der Waals surface area contributed by atoms with E-state index in [0.717, 1.165) is 41.2 Å². The molecule has 0 spiro atoms. The van der Waals surface area contributed by atoms with Gasteiger partial charge in [0.1, 0.15) is 11.6 Å². The number of benzene rings is 1. The van der Waals surface area contributed by atoms with Crippen molar-refractivity contribution >= 4 is 34.7 Å². The van der Waals surface area contributed by atoms with Crippen LogP contribution >= 0.6 is 11.3 Å². The predicted molar refractivity (Wildman–Crippen MR) is 98.3 cm³/mol. The zero-order chi connectivity index (χ0) is 18.1. The summed E-state index contributed by atoms with van der Waals surface area (Å²) in [5.41, 5.74) is 1.61. The quantitative estimate of drug-likeness (QED) is 0.841. The first-order chi connectivity index (χ1) is 12.6. The zero-order valence-corrected chi connectivity index (χ0v) is 15.0. The molecule has 2 aliphatic rings. The lowest BCUT2D eigenvalue weighted by atomic mass is 9.81. The van der Waals surface area contributed by atoms with Gasteiger partial charge in [-0.05, 0) is 37.1 Å². The highest BCUT2D eigenvalue weighted by Crippen LogP contribution is 2.37. The Labute approximate surface area is 155 Å². The minimum absolute atomic E-state index is 0.186. The molecular weight excluding hydrogens is 350 g/mol. The highest BCUT2D eigenvalue weighted by atomic mass is 32.1. The summed E-state index contributed by atoms with van der Waals surface area (Å²) in [6.45, 7) is -0.209. The largest absolute Gasteiger partial charge is 0.325 e. The molecule has 3 amide bonds. The van der Waals surface area contributed by atoms with Gasteiger partial charge in [-0.1, -0.05) is 12.8 Å². The fraction of sp³-hybridized carbons (Fsp3) is 0.368. The second-order valence-corrected chi connectivity index (χ2v) is 7.62. The van der Waals surface area contributed by atoms with Gasteiger partial charge in [0.05, 0.1) is 11.8 Å². The van der Waals surface area contributed by atoms with Crippen molar-refractivity contribution < 1.29 is 14.4 Å². The molecule has 1 N–H and O–H groups in total. The number of anilines is 1. The Hall–Kier alpha value is -2.54. The summed E-state index contributed by atoms with van der Waals surface area (Å²) in [6, 6.07) is 7.36. The molecule has 6 nitrogen and oxygen atoms in total. The molecule has 1 aromatic carbocycles. The van der Waals surface area contributed by atoms with Gasteiger partial charge in [0.15, 0.2) is 0 Å². The van der Waals surface area contributed by atoms with Gasteiger partial charge < -0.3 is 5.32 Å². The Morgan fingerprint density at radius 2 is 1.77 bits per heavy atom. The van der Waals surface area contributed by atoms with Crippen LogP contribution in [0.2, 0.25) is 0 Å². The molecule has 2 aromatic rings. The van der Waals surface area contributed by atoms with Crippen LogP contribution in [0.25, 0.3) is 10.6 Å².